The first-order valence-corrected chi connectivity index (χ1v) is 4.45. The summed E-state index contributed by atoms with van der Waals surface area (Å²) in [6, 6.07) is 4.74. The Morgan fingerprint density at radius 3 is 2.43 bits per heavy atom. The van der Waals surface area contributed by atoms with Crippen LogP contribution in [-0.4, -0.2) is 11.1 Å². The topological polar surface area (TPSA) is 37.3 Å². The third kappa shape index (κ3) is 2.95. The lowest BCUT2D eigenvalue weighted by molar-refractivity contribution is 0.0697. The van der Waals surface area contributed by atoms with Crippen LogP contribution >= 0.6 is 0 Å². The Hall–Kier alpha value is -1.75. The van der Waals surface area contributed by atoms with E-state index in [4.69, 9.17) is 11.5 Å². The summed E-state index contributed by atoms with van der Waals surface area (Å²) in [7, 11) is 0. The molecule has 0 bridgehead atoms. The average Bonchev–Trinajstić information content (AvgIpc) is 2.21. The van der Waals surface area contributed by atoms with Gasteiger partial charge in [-0.15, -0.1) is 6.42 Å². The van der Waals surface area contributed by atoms with Crippen molar-refractivity contribution in [1.82, 2.24) is 0 Å². The van der Waals surface area contributed by atoms with E-state index in [9.17, 15) is 4.79 Å². The first kappa shape index (κ1) is 12.2. The molecule has 0 aliphatic rings. The molecule has 0 spiro atoms. The summed E-state index contributed by atoms with van der Waals surface area (Å²) in [6.07, 6.45) is 5.18. The van der Waals surface area contributed by atoms with Gasteiger partial charge in [-0.2, -0.15) is 0 Å². The summed E-state index contributed by atoms with van der Waals surface area (Å²) in [4.78, 5) is 10.5. The highest BCUT2D eigenvalue weighted by atomic mass is 16.4. The molecule has 2 nitrogen and oxygen atoms in total. The van der Waals surface area contributed by atoms with Crippen molar-refractivity contribution < 1.29 is 9.90 Å². The lowest BCUT2D eigenvalue weighted by Gasteiger charge is -1.99. The van der Waals surface area contributed by atoms with Crippen molar-refractivity contribution in [2.24, 2.45) is 0 Å². The van der Waals surface area contributed by atoms with Gasteiger partial charge in [0, 0.05) is 5.56 Å². The van der Waals surface area contributed by atoms with Gasteiger partial charge in [0.1, 0.15) is 0 Å². The van der Waals surface area contributed by atoms with Gasteiger partial charge in [-0.1, -0.05) is 25.8 Å². The molecule has 0 fully saturated rings. The highest BCUT2D eigenvalue weighted by Crippen LogP contribution is 2.09. The van der Waals surface area contributed by atoms with Crippen LogP contribution in [0, 0.1) is 19.3 Å². The molecule has 0 aliphatic heterocycles. The molecule has 0 aromatic heterocycles. The van der Waals surface area contributed by atoms with Crippen molar-refractivity contribution in [2.45, 2.75) is 20.8 Å². The van der Waals surface area contributed by atoms with Crippen LogP contribution < -0.4 is 0 Å². The van der Waals surface area contributed by atoms with Crippen LogP contribution in [-0.2, 0) is 0 Å². The smallest absolute Gasteiger partial charge is 0.335 e. The van der Waals surface area contributed by atoms with E-state index in [0.717, 1.165) is 5.56 Å². The Kier molecular flexibility index (Phi) is 5.09. The van der Waals surface area contributed by atoms with Gasteiger partial charge in [0.25, 0.3) is 0 Å². The van der Waals surface area contributed by atoms with Gasteiger partial charge in [-0.3, -0.25) is 0 Å². The predicted molar refractivity (Wildman–Crippen MR) is 57.4 cm³/mol. The summed E-state index contributed by atoms with van der Waals surface area (Å²) in [5, 5.41) is 8.63. The van der Waals surface area contributed by atoms with Crippen LogP contribution in [0.1, 0.15) is 35.3 Å². The van der Waals surface area contributed by atoms with E-state index in [1.807, 2.05) is 20.8 Å². The second-order valence-electron chi connectivity index (χ2n) is 2.48. The molecule has 1 aromatic carbocycles. The maximum absolute atomic E-state index is 10.5. The van der Waals surface area contributed by atoms with Gasteiger partial charge < -0.3 is 5.11 Å². The average molecular weight is 190 g/mol. The summed E-state index contributed by atoms with van der Waals surface area (Å²) in [5.41, 5.74) is 1.78. The molecule has 0 atom stereocenters. The normalized spacial score (nSPS) is 8.14. The van der Waals surface area contributed by atoms with Crippen molar-refractivity contribution in [3.05, 3.63) is 34.9 Å². The molecule has 74 valence electrons. The predicted octanol–water partition coefficient (Wildman–Crippen LogP) is 2.70. The highest BCUT2D eigenvalue weighted by molar-refractivity contribution is 5.88. The Bertz CT molecular complexity index is 359. The quantitative estimate of drug-likeness (QED) is 0.691. The zero-order chi connectivity index (χ0) is 11.1. The van der Waals surface area contributed by atoms with Crippen LogP contribution in [0.4, 0.5) is 0 Å². The number of terminal acetylenes is 1. The van der Waals surface area contributed by atoms with Gasteiger partial charge in [0.05, 0.1) is 5.56 Å². The Labute approximate surface area is 84.6 Å². The number of aromatic carboxylic acids is 1. The zero-order valence-corrected chi connectivity index (χ0v) is 8.66. The summed E-state index contributed by atoms with van der Waals surface area (Å²) >= 11 is 0. The second kappa shape index (κ2) is 5.82. The van der Waals surface area contributed by atoms with Gasteiger partial charge in [0.15, 0.2) is 0 Å². The van der Waals surface area contributed by atoms with E-state index < -0.39 is 5.97 Å². The SMILES string of the molecule is C#Cc1cc(C(=O)O)ccc1C.CC. The highest BCUT2D eigenvalue weighted by Gasteiger charge is 2.03. The van der Waals surface area contributed by atoms with Crippen LogP contribution in [0.5, 0.6) is 0 Å². The van der Waals surface area contributed by atoms with E-state index in [2.05, 4.69) is 5.92 Å². The largest absolute Gasteiger partial charge is 0.478 e. The van der Waals surface area contributed by atoms with Gasteiger partial charge >= 0.3 is 5.97 Å². The molecular weight excluding hydrogens is 176 g/mol. The first-order chi connectivity index (χ1) is 6.65. The standard InChI is InChI=1S/C10H8O2.C2H6/c1-3-8-6-9(10(11)12)5-4-7(8)2;1-2/h1,4-6H,2H3,(H,11,12);1-2H3. The molecule has 0 aliphatic carbocycles. The fourth-order valence-electron chi connectivity index (χ4n) is 0.911. The van der Waals surface area contributed by atoms with Crippen molar-refractivity contribution in [3.63, 3.8) is 0 Å². The van der Waals surface area contributed by atoms with Crippen molar-refractivity contribution in [3.8, 4) is 12.3 Å². The molecule has 1 rings (SSSR count). The van der Waals surface area contributed by atoms with Crippen LogP contribution in [0.3, 0.4) is 0 Å². The fraction of sp³-hybridized carbons (Fsp3) is 0.250. The van der Waals surface area contributed by atoms with E-state index >= 15 is 0 Å². The molecular formula is C12H14O2. The number of carboxylic acids is 1. The van der Waals surface area contributed by atoms with Gasteiger partial charge in [-0.05, 0) is 24.6 Å². The number of rotatable bonds is 1. The first-order valence-electron chi connectivity index (χ1n) is 4.45. The molecule has 0 amide bonds. The summed E-state index contributed by atoms with van der Waals surface area (Å²) in [5.74, 6) is 1.47. The minimum absolute atomic E-state index is 0.230. The molecule has 0 heterocycles. The minimum atomic E-state index is -0.952. The van der Waals surface area contributed by atoms with Crippen molar-refractivity contribution >= 4 is 5.97 Å². The monoisotopic (exact) mass is 190 g/mol. The molecule has 14 heavy (non-hydrogen) atoms. The number of hydrogen-bond donors (Lipinski definition) is 1. The number of hydrogen-bond acceptors (Lipinski definition) is 1. The molecule has 0 saturated heterocycles. The molecule has 0 unspecified atom stereocenters. The number of aryl methyl sites for hydroxylation is 1. The lowest BCUT2D eigenvalue weighted by Crippen LogP contribution is -1.97. The molecule has 0 radical (unpaired) electrons. The molecule has 0 saturated carbocycles. The van der Waals surface area contributed by atoms with Gasteiger partial charge in [0.2, 0.25) is 0 Å². The molecule has 1 N–H and O–H groups in total. The maximum atomic E-state index is 10.5. The maximum Gasteiger partial charge on any atom is 0.335 e. The van der Waals surface area contributed by atoms with Crippen LogP contribution in [0.15, 0.2) is 18.2 Å². The third-order valence-electron chi connectivity index (χ3n) is 1.64. The van der Waals surface area contributed by atoms with Crippen LogP contribution in [0.25, 0.3) is 0 Å². The second-order valence-corrected chi connectivity index (χ2v) is 2.48. The third-order valence-corrected chi connectivity index (χ3v) is 1.64. The van der Waals surface area contributed by atoms with E-state index in [1.165, 1.54) is 6.07 Å². The lowest BCUT2D eigenvalue weighted by atomic mass is 10.1. The molecule has 2 heteroatoms. The van der Waals surface area contributed by atoms with E-state index in [-0.39, 0.29) is 5.56 Å². The zero-order valence-electron chi connectivity index (χ0n) is 8.66. The Balaban J connectivity index is 0.000000791. The minimum Gasteiger partial charge on any atom is -0.478 e. The van der Waals surface area contributed by atoms with Crippen molar-refractivity contribution in [1.29, 1.82) is 0 Å². The number of carboxylic acid groups (broad SMARTS) is 1. The summed E-state index contributed by atoms with van der Waals surface area (Å²) in [6.45, 7) is 5.85. The number of benzene rings is 1. The van der Waals surface area contributed by atoms with Crippen LogP contribution in [0.2, 0.25) is 0 Å². The van der Waals surface area contributed by atoms with Gasteiger partial charge in [-0.25, -0.2) is 4.79 Å². The van der Waals surface area contributed by atoms with E-state index in [1.54, 1.807) is 12.1 Å². The summed E-state index contributed by atoms with van der Waals surface area (Å²) < 4.78 is 0. The fourth-order valence-corrected chi connectivity index (χ4v) is 0.911. The van der Waals surface area contributed by atoms with E-state index in [0.29, 0.717) is 5.56 Å². The Morgan fingerprint density at radius 2 is 2.00 bits per heavy atom. The Morgan fingerprint density at radius 1 is 1.43 bits per heavy atom. The van der Waals surface area contributed by atoms with Crippen molar-refractivity contribution in [2.75, 3.05) is 0 Å². The number of carbonyl (C=O) groups is 1. The molecule has 1 aromatic rings.